The summed E-state index contributed by atoms with van der Waals surface area (Å²) in [6.45, 7) is 3.29. The number of methoxy groups -OCH3 is 1. The van der Waals surface area contributed by atoms with Gasteiger partial charge in [0.05, 0.1) is 17.3 Å². The van der Waals surface area contributed by atoms with Gasteiger partial charge in [0, 0.05) is 39.6 Å². The number of aryl methyl sites for hydroxylation is 1. The first-order valence-electron chi connectivity index (χ1n) is 14.2. The van der Waals surface area contributed by atoms with Crippen LogP contribution in [-0.4, -0.2) is 91.4 Å². The van der Waals surface area contributed by atoms with Crippen molar-refractivity contribution in [2.24, 2.45) is 0 Å². The zero-order valence-electron chi connectivity index (χ0n) is 24.4. The third-order valence-corrected chi connectivity index (χ3v) is 8.07. The summed E-state index contributed by atoms with van der Waals surface area (Å²) in [4.78, 5) is 58.0. The van der Waals surface area contributed by atoms with E-state index in [1.165, 1.54) is 7.11 Å². The summed E-state index contributed by atoms with van der Waals surface area (Å²) in [6.07, 6.45) is 2.75. The van der Waals surface area contributed by atoms with Crippen molar-refractivity contribution in [2.75, 3.05) is 46.9 Å². The Balaban J connectivity index is 1.45. The van der Waals surface area contributed by atoms with Crippen LogP contribution in [0.25, 0.3) is 10.2 Å². The molecule has 0 saturated carbocycles. The highest BCUT2D eigenvalue weighted by Gasteiger charge is 2.21. The van der Waals surface area contributed by atoms with Crippen LogP contribution in [0.3, 0.4) is 0 Å². The van der Waals surface area contributed by atoms with Gasteiger partial charge in [0.2, 0.25) is 11.8 Å². The van der Waals surface area contributed by atoms with Gasteiger partial charge in [-0.1, -0.05) is 6.07 Å². The molecule has 1 aliphatic rings. The normalized spacial score (nSPS) is 18.8. The van der Waals surface area contributed by atoms with Gasteiger partial charge in [0.25, 0.3) is 11.8 Å². The SMILES string of the molecule is COc1ccc2cc1OCC(=O)N[C@@H](C)C(=O)N(C)CCCCN(C(=O)c1cc3sccc3[nH]1)CCCNC(=O)CC2. The van der Waals surface area contributed by atoms with Crippen molar-refractivity contribution in [1.29, 1.82) is 0 Å². The summed E-state index contributed by atoms with van der Waals surface area (Å²) in [5, 5.41) is 7.62. The largest absolute Gasteiger partial charge is 0.493 e. The number of hydrogen-bond acceptors (Lipinski definition) is 7. The topological polar surface area (TPSA) is 133 Å². The number of carbonyl (C=O) groups excluding carboxylic acids is 4. The molecule has 1 aliphatic heterocycles. The molecule has 3 aromatic rings. The van der Waals surface area contributed by atoms with Crippen molar-refractivity contribution in [2.45, 2.75) is 45.1 Å². The minimum absolute atomic E-state index is 0.0843. The maximum Gasteiger partial charge on any atom is 0.270 e. The molecule has 3 heterocycles. The number of ether oxygens (including phenoxy) is 2. The number of thiophene rings is 1. The Labute approximate surface area is 249 Å². The molecule has 4 rings (SSSR count). The molecule has 0 saturated heterocycles. The Hall–Kier alpha value is -4.06. The maximum absolute atomic E-state index is 13.4. The molecule has 4 amide bonds. The van der Waals surface area contributed by atoms with E-state index in [0.29, 0.717) is 69.1 Å². The van der Waals surface area contributed by atoms with Crippen LogP contribution in [0.4, 0.5) is 0 Å². The van der Waals surface area contributed by atoms with E-state index in [9.17, 15) is 19.2 Å². The van der Waals surface area contributed by atoms with Crippen LogP contribution < -0.4 is 20.1 Å². The number of nitrogens with zero attached hydrogens (tertiary/aromatic N) is 2. The highest BCUT2D eigenvalue weighted by molar-refractivity contribution is 7.17. The number of aromatic amines is 1. The van der Waals surface area contributed by atoms with E-state index >= 15 is 0 Å². The van der Waals surface area contributed by atoms with Crippen LogP contribution in [0.15, 0.2) is 35.7 Å². The van der Waals surface area contributed by atoms with Crippen molar-refractivity contribution in [3.8, 4) is 11.5 Å². The highest BCUT2D eigenvalue weighted by atomic mass is 32.1. The van der Waals surface area contributed by atoms with E-state index < -0.39 is 11.9 Å². The Bertz CT molecular complexity index is 1370. The third kappa shape index (κ3) is 8.25. The number of benzene rings is 1. The first-order chi connectivity index (χ1) is 20.2. The lowest BCUT2D eigenvalue weighted by Gasteiger charge is -2.24. The van der Waals surface area contributed by atoms with Crippen LogP contribution in [-0.2, 0) is 20.8 Å². The van der Waals surface area contributed by atoms with Crippen LogP contribution in [0, 0.1) is 0 Å². The van der Waals surface area contributed by atoms with E-state index in [0.717, 1.165) is 15.8 Å². The van der Waals surface area contributed by atoms with Crippen molar-refractivity contribution >= 4 is 45.2 Å². The van der Waals surface area contributed by atoms with Crippen LogP contribution in [0.5, 0.6) is 11.5 Å². The second kappa shape index (κ2) is 14.7. The maximum atomic E-state index is 13.4. The van der Waals surface area contributed by atoms with Gasteiger partial charge in [-0.2, -0.15) is 0 Å². The minimum atomic E-state index is -0.726. The molecule has 0 spiro atoms. The molecule has 2 bridgehead atoms. The average molecular weight is 598 g/mol. The average Bonchev–Trinajstić information content (AvgIpc) is 3.60. The zero-order valence-corrected chi connectivity index (χ0v) is 25.2. The summed E-state index contributed by atoms with van der Waals surface area (Å²) in [5.41, 5.74) is 2.34. The standard InChI is InChI=1S/C30H39N5O6S/c1-20-29(38)34(2)13-4-5-14-35(30(39)23-18-26-22(33-23)11-16-42-26)15-6-12-31-27(36)10-8-21-7-9-24(40-3)25(17-21)41-19-28(37)32-20/h7,9,11,16-18,20,33H,4-6,8,10,12-15,19H2,1-3H3,(H,31,36)(H,32,37)/t20-/m0/s1. The summed E-state index contributed by atoms with van der Waals surface area (Å²) in [6, 6.07) is 8.44. The molecule has 0 aliphatic carbocycles. The monoisotopic (exact) mass is 597 g/mol. The van der Waals surface area contributed by atoms with Gasteiger partial charge in [0.1, 0.15) is 11.7 Å². The number of amides is 4. The van der Waals surface area contributed by atoms with E-state index in [2.05, 4.69) is 15.6 Å². The van der Waals surface area contributed by atoms with Gasteiger partial charge >= 0.3 is 0 Å². The quantitative estimate of drug-likeness (QED) is 0.416. The zero-order chi connectivity index (χ0) is 30.1. The molecule has 12 heteroatoms. The molecule has 2 aromatic heterocycles. The lowest BCUT2D eigenvalue weighted by Crippen LogP contribution is -2.47. The Morgan fingerprint density at radius 2 is 1.81 bits per heavy atom. The van der Waals surface area contributed by atoms with Crippen LogP contribution in [0.2, 0.25) is 0 Å². The van der Waals surface area contributed by atoms with E-state index in [4.69, 9.17) is 9.47 Å². The number of H-pyrrole nitrogens is 1. The first kappa shape index (κ1) is 30.9. The first-order valence-corrected chi connectivity index (χ1v) is 15.1. The molecule has 1 atom stereocenters. The van der Waals surface area contributed by atoms with Gasteiger partial charge in [-0.05, 0) is 67.8 Å². The Morgan fingerprint density at radius 3 is 2.60 bits per heavy atom. The number of likely N-dealkylation sites (N-methyl/N-ethyl adjacent to an activating group) is 1. The van der Waals surface area contributed by atoms with Gasteiger partial charge in [0.15, 0.2) is 18.1 Å². The fourth-order valence-corrected chi connectivity index (χ4v) is 5.65. The molecular formula is C30H39N5O6S. The second-order valence-corrected chi connectivity index (χ2v) is 11.4. The van der Waals surface area contributed by atoms with E-state index in [-0.39, 0.29) is 30.7 Å². The van der Waals surface area contributed by atoms with Crippen molar-refractivity contribution in [3.63, 3.8) is 0 Å². The molecular weight excluding hydrogens is 558 g/mol. The molecule has 3 N–H and O–H groups in total. The van der Waals surface area contributed by atoms with Gasteiger partial charge < -0.3 is 34.9 Å². The lowest BCUT2D eigenvalue weighted by molar-refractivity contribution is -0.135. The van der Waals surface area contributed by atoms with E-state index in [1.807, 2.05) is 23.6 Å². The molecule has 0 unspecified atom stereocenters. The molecule has 42 heavy (non-hydrogen) atoms. The molecule has 11 nitrogen and oxygen atoms in total. The molecule has 0 fully saturated rings. The fraction of sp³-hybridized carbons (Fsp3) is 0.467. The Kier molecular flexibility index (Phi) is 10.8. The summed E-state index contributed by atoms with van der Waals surface area (Å²) >= 11 is 1.58. The summed E-state index contributed by atoms with van der Waals surface area (Å²) in [5.74, 6) is 0.0382. The lowest BCUT2D eigenvalue weighted by atomic mass is 10.1. The smallest absolute Gasteiger partial charge is 0.270 e. The molecule has 1 aromatic carbocycles. The fourth-order valence-electron chi connectivity index (χ4n) is 4.86. The second-order valence-electron chi connectivity index (χ2n) is 10.4. The van der Waals surface area contributed by atoms with Crippen molar-refractivity contribution < 1.29 is 28.7 Å². The van der Waals surface area contributed by atoms with Crippen molar-refractivity contribution in [3.05, 3.63) is 47.0 Å². The van der Waals surface area contributed by atoms with Gasteiger partial charge in [-0.15, -0.1) is 11.3 Å². The predicted octanol–water partition coefficient (Wildman–Crippen LogP) is 2.96. The molecule has 0 radical (unpaired) electrons. The summed E-state index contributed by atoms with van der Waals surface area (Å²) in [7, 11) is 3.21. The number of hydrogen-bond donors (Lipinski definition) is 3. The van der Waals surface area contributed by atoms with E-state index in [1.54, 1.807) is 47.2 Å². The van der Waals surface area contributed by atoms with Gasteiger partial charge in [-0.3, -0.25) is 19.2 Å². The summed E-state index contributed by atoms with van der Waals surface area (Å²) < 4.78 is 12.1. The number of aromatic nitrogens is 1. The minimum Gasteiger partial charge on any atom is -0.493 e. The van der Waals surface area contributed by atoms with Crippen LogP contribution >= 0.6 is 11.3 Å². The predicted molar refractivity (Wildman–Crippen MR) is 161 cm³/mol. The van der Waals surface area contributed by atoms with Crippen LogP contribution in [0.1, 0.15) is 48.7 Å². The third-order valence-electron chi connectivity index (χ3n) is 7.21. The number of fused-ring (bicyclic) bond motifs is 3. The number of rotatable bonds is 2. The van der Waals surface area contributed by atoms with Gasteiger partial charge in [-0.25, -0.2) is 0 Å². The Morgan fingerprint density at radius 1 is 1.02 bits per heavy atom. The number of carbonyl (C=O) groups is 4. The molecule has 226 valence electrons. The van der Waals surface area contributed by atoms with Crippen molar-refractivity contribution in [1.82, 2.24) is 25.4 Å². The number of nitrogens with one attached hydrogen (secondary N) is 3. The highest BCUT2D eigenvalue weighted by Crippen LogP contribution is 2.28.